The minimum absolute atomic E-state index is 0.0406. The molecule has 0 aliphatic heterocycles. The summed E-state index contributed by atoms with van der Waals surface area (Å²) in [6, 6.07) is 4.29. The van der Waals surface area contributed by atoms with Crippen LogP contribution in [0.1, 0.15) is 19.3 Å². The lowest BCUT2D eigenvalue weighted by Gasteiger charge is -2.39. The SMILES string of the molecule is NCC1(C(=O)Nc2c(F)cccc2Cl)CCC1. The summed E-state index contributed by atoms with van der Waals surface area (Å²) in [5.74, 6) is -0.768. The molecule has 0 unspecified atom stereocenters. The molecule has 1 fully saturated rings. The van der Waals surface area contributed by atoms with E-state index in [2.05, 4.69) is 5.32 Å². The Bertz CT molecular complexity index is 420. The molecule has 0 heterocycles. The second-order valence-corrected chi connectivity index (χ2v) is 4.80. The van der Waals surface area contributed by atoms with Gasteiger partial charge in [-0.2, -0.15) is 0 Å². The molecule has 1 aliphatic rings. The summed E-state index contributed by atoms with van der Waals surface area (Å²) in [7, 11) is 0. The lowest BCUT2D eigenvalue weighted by molar-refractivity contribution is -0.129. The fraction of sp³-hybridized carbons (Fsp3) is 0.417. The first kappa shape index (κ1) is 12.3. The Kier molecular flexibility index (Phi) is 3.35. The van der Waals surface area contributed by atoms with Crippen molar-refractivity contribution in [2.75, 3.05) is 11.9 Å². The number of halogens is 2. The van der Waals surface area contributed by atoms with Gasteiger partial charge in [0, 0.05) is 6.54 Å². The molecular formula is C12H14ClFN2O. The monoisotopic (exact) mass is 256 g/mol. The molecule has 1 amide bonds. The van der Waals surface area contributed by atoms with Crippen LogP contribution in [-0.4, -0.2) is 12.5 Å². The van der Waals surface area contributed by atoms with Crippen molar-refractivity contribution in [1.29, 1.82) is 0 Å². The van der Waals surface area contributed by atoms with Crippen LogP contribution in [-0.2, 0) is 4.79 Å². The third-order valence-electron chi connectivity index (χ3n) is 3.38. The summed E-state index contributed by atoms with van der Waals surface area (Å²) in [4.78, 5) is 12.0. The molecule has 0 radical (unpaired) electrons. The van der Waals surface area contributed by atoms with Gasteiger partial charge in [0.2, 0.25) is 5.91 Å². The minimum atomic E-state index is -0.536. The molecule has 0 saturated heterocycles. The van der Waals surface area contributed by atoms with Crippen LogP contribution < -0.4 is 11.1 Å². The summed E-state index contributed by atoms with van der Waals surface area (Å²) < 4.78 is 13.5. The van der Waals surface area contributed by atoms with Gasteiger partial charge in [0.05, 0.1) is 16.1 Å². The predicted octanol–water partition coefficient (Wildman–Crippen LogP) is 2.55. The van der Waals surface area contributed by atoms with E-state index < -0.39 is 11.2 Å². The van der Waals surface area contributed by atoms with Gasteiger partial charge in [-0.15, -0.1) is 0 Å². The highest BCUT2D eigenvalue weighted by Gasteiger charge is 2.43. The standard InChI is InChI=1S/C12H14ClFN2O/c13-8-3-1-4-9(14)10(8)16-11(17)12(7-15)5-2-6-12/h1,3-4H,2,5-7,15H2,(H,16,17). The Balaban J connectivity index is 2.18. The molecule has 1 aromatic carbocycles. The van der Waals surface area contributed by atoms with E-state index in [0.29, 0.717) is 0 Å². The van der Waals surface area contributed by atoms with Gasteiger partial charge in [-0.05, 0) is 25.0 Å². The van der Waals surface area contributed by atoms with E-state index in [-0.39, 0.29) is 23.2 Å². The van der Waals surface area contributed by atoms with Crippen LogP contribution in [0.3, 0.4) is 0 Å². The second-order valence-electron chi connectivity index (χ2n) is 4.39. The first-order valence-corrected chi connectivity index (χ1v) is 5.92. The Labute approximate surface area is 104 Å². The average molecular weight is 257 g/mol. The van der Waals surface area contributed by atoms with Crippen molar-refractivity contribution in [2.24, 2.45) is 11.1 Å². The van der Waals surface area contributed by atoms with Crippen molar-refractivity contribution >= 4 is 23.2 Å². The maximum Gasteiger partial charge on any atom is 0.231 e. The first-order valence-electron chi connectivity index (χ1n) is 5.55. The van der Waals surface area contributed by atoms with Gasteiger partial charge in [-0.3, -0.25) is 4.79 Å². The van der Waals surface area contributed by atoms with Crippen LogP contribution in [0, 0.1) is 11.2 Å². The van der Waals surface area contributed by atoms with E-state index in [9.17, 15) is 9.18 Å². The highest BCUT2D eigenvalue weighted by atomic mass is 35.5. The highest BCUT2D eigenvalue weighted by Crippen LogP contribution is 2.41. The van der Waals surface area contributed by atoms with Gasteiger partial charge in [0.1, 0.15) is 5.82 Å². The van der Waals surface area contributed by atoms with Crippen molar-refractivity contribution in [1.82, 2.24) is 0 Å². The number of anilines is 1. The van der Waals surface area contributed by atoms with Crippen LogP contribution >= 0.6 is 11.6 Å². The van der Waals surface area contributed by atoms with Crippen LogP contribution in [0.2, 0.25) is 5.02 Å². The quantitative estimate of drug-likeness (QED) is 0.873. The zero-order valence-electron chi connectivity index (χ0n) is 9.30. The van der Waals surface area contributed by atoms with Crippen LogP contribution in [0.4, 0.5) is 10.1 Å². The van der Waals surface area contributed by atoms with Crippen molar-refractivity contribution in [2.45, 2.75) is 19.3 Å². The van der Waals surface area contributed by atoms with E-state index in [4.69, 9.17) is 17.3 Å². The zero-order chi connectivity index (χ0) is 12.5. The molecule has 0 spiro atoms. The maximum absolute atomic E-state index is 13.5. The summed E-state index contributed by atoms with van der Waals surface area (Å²) >= 11 is 5.84. The maximum atomic E-state index is 13.5. The number of carbonyl (C=O) groups is 1. The number of benzene rings is 1. The number of hydrogen-bond acceptors (Lipinski definition) is 2. The molecule has 92 valence electrons. The normalized spacial score (nSPS) is 17.4. The third kappa shape index (κ3) is 2.15. The summed E-state index contributed by atoms with van der Waals surface area (Å²) in [6.45, 7) is 0.283. The molecule has 2 rings (SSSR count). The molecule has 17 heavy (non-hydrogen) atoms. The summed E-state index contributed by atoms with van der Waals surface area (Å²) in [5, 5.41) is 2.75. The number of para-hydroxylation sites is 1. The average Bonchev–Trinajstić information content (AvgIpc) is 2.23. The molecule has 1 aliphatic carbocycles. The molecule has 0 bridgehead atoms. The van der Waals surface area contributed by atoms with Crippen LogP contribution in [0.5, 0.6) is 0 Å². The molecule has 3 N–H and O–H groups in total. The minimum Gasteiger partial charge on any atom is -0.329 e. The highest BCUT2D eigenvalue weighted by molar-refractivity contribution is 6.33. The number of rotatable bonds is 3. The fourth-order valence-corrected chi connectivity index (χ4v) is 2.20. The van der Waals surface area contributed by atoms with Crippen LogP contribution in [0.15, 0.2) is 18.2 Å². The Hall–Kier alpha value is -1.13. The molecule has 0 aromatic heterocycles. The van der Waals surface area contributed by atoms with Gasteiger partial charge < -0.3 is 11.1 Å². The number of nitrogens with one attached hydrogen (secondary N) is 1. The van der Waals surface area contributed by atoms with Gasteiger partial charge in [-0.25, -0.2) is 4.39 Å². The second kappa shape index (κ2) is 4.63. The van der Waals surface area contributed by atoms with Crippen molar-refractivity contribution < 1.29 is 9.18 Å². The van der Waals surface area contributed by atoms with Gasteiger partial charge in [-0.1, -0.05) is 24.1 Å². The van der Waals surface area contributed by atoms with Crippen molar-refractivity contribution in [3.05, 3.63) is 29.0 Å². The molecule has 1 saturated carbocycles. The number of carbonyl (C=O) groups excluding carboxylic acids is 1. The number of amides is 1. The first-order chi connectivity index (χ1) is 8.09. The van der Waals surface area contributed by atoms with Gasteiger partial charge in [0.25, 0.3) is 0 Å². The Morgan fingerprint density at radius 1 is 1.53 bits per heavy atom. The Morgan fingerprint density at radius 2 is 2.24 bits per heavy atom. The number of nitrogens with two attached hydrogens (primary N) is 1. The van der Waals surface area contributed by atoms with E-state index in [1.807, 2.05) is 0 Å². The molecular weight excluding hydrogens is 243 g/mol. The lowest BCUT2D eigenvalue weighted by Crippen LogP contribution is -2.47. The number of hydrogen-bond donors (Lipinski definition) is 2. The van der Waals surface area contributed by atoms with Gasteiger partial charge in [0.15, 0.2) is 0 Å². The molecule has 3 nitrogen and oxygen atoms in total. The fourth-order valence-electron chi connectivity index (χ4n) is 1.99. The van der Waals surface area contributed by atoms with Crippen molar-refractivity contribution in [3.8, 4) is 0 Å². The Morgan fingerprint density at radius 3 is 2.71 bits per heavy atom. The third-order valence-corrected chi connectivity index (χ3v) is 3.70. The molecule has 5 heteroatoms. The largest absolute Gasteiger partial charge is 0.329 e. The lowest BCUT2D eigenvalue weighted by atomic mass is 9.68. The summed E-state index contributed by atoms with van der Waals surface area (Å²) in [5.41, 5.74) is 5.12. The summed E-state index contributed by atoms with van der Waals surface area (Å²) in [6.07, 6.45) is 2.48. The van der Waals surface area contributed by atoms with E-state index in [1.165, 1.54) is 18.2 Å². The molecule has 1 aromatic rings. The zero-order valence-corrected chi connectivity index (χ0v) is 10.1. The van der Waals surface area contributed by atoms with E-state index in [1.54, 1.807) is 0 Å². The van der Waals surface area contributed by atoms with E-state index in [0.717, 1.165) is 19.3 Å². The predicted molar refractivity (Wildman–Crippen MR) is 65.4 cm³/mol. The smallest absolute Gasteiger partial charge is 0.231 e. The molecule has 0 atom stereocenters. The van der Waals surface area contributed by atoms with Crippen molar-refractivity contribution in [3.63, 3.8) is 0 Å². The van der Waals surface area contributed by atoms with E-state index >= 15 is 0 Å². The van der Waals surface area contributed by atoms with Crippen LogP contribution in [0.25, 0.3) is 0 Å². The topological polar surface area (TPSA) is 55.1 Å². The van der Waals surface area contributed by atoms with Gasteiger partial charge >= 0.3 is 0 Å².